The molecule has 0 radical (unpaired) electrons. The van der Waals surface area contributed by atoms with Crippen molar-refractivity contribution in [2.45, 2.75) is 0 Å². The van der Waals surface area contributed by atoms with Gasteiger partial charge in [0.15, 0.2) is 0 Å². The summed E-state index contributed by atoms with van der Waals surface area (Å²) in [4.78, 5) is 3.97. The SMILES string of the molecule is Brc1cccc(/C=C\c2ccncc2)c1. The van der Waals surface area contributed by atoms with Gasteiger partial charge in [0, 0.05) is 16.9 Å². The quantitative estimate of drug-likeness (QED) is 0.794. The van der Waals surface area contributed by atoms with Gasteiger partial charge < -0.3 is 0 Å². The Hall–Kier alpha value is -1.41. The van der Waals surface area contributed by atoms with Crippen LogP contribution in [0.2, 0.25) is 0 Å². The van der Waals surface area contributed by atoms with E-state index in [1.54, 1.807) is 12.4 Å². The minimum absolute atomic E-state index is 1.10. The molecule has 0 aliphatic heterocycles. The highest BCUT2D eigenvalue weighted by Crippen LogP contribution is 2.14. The van der Waals surface area contributed by atoms with E-state index in [-0.39, 0.29) is 0 Å². The highest BCUT2D eigenvalue weighted by Gasteiger charge is 1.88. The highest BCUT2D eigenvalue weighted by molar-refractivity contribution is 9.10. The summed E-state index contributed by atoms with van der Waals surface area (Å²) < 4.78 is 1.10. The van der Waals surface area contributed by atoms with E-state index in [0.717, 1.165) is 10.0 Å². The van der Waals surface area contributed by atoms with E-state index in [4.69, 9.17) is 0 Å². The van der Waals surface area contributed by atoms with Gasteiger partial charge in [0.1, 0.15) is 0 Å². The van der Waals surface area contributed by atoms with E-state index >= 15 is 0 Å². The Morgan fingerprint density at radius 3 is 2.40 bits per heavy atom. The van der Waals surface area contributed by atoms with Crippen molar-refractivity contribution in [3.8, 4) is 0 Å². The Morgan fingerprint density at radius 1 is 0.933 bits per heavy atom. The smallest absolute Gasteiger partial charge is 0.0273 e. The number of rotatable bonds is 2. The molecule has 0 aliphatic carbocycles. The summed E-state index contributed by atoms with van der Waals surface area (Å²) in [6.45, 7) is 0. The molecule has 2 heteroatoms. The van der Waals surface area contributed by atoms with E-state index in [1.165, 1.54) is 5.56 Å². The molecule has 0 fully saturated rings. The molecule has 0 bridgehead atoms. The van der Waals surface area contributed by atoms with Crippen molar-refractivity contribution < 1.29 is 0 Å². The van der Waals surface area contributed by atoms with Gasteiger partial charge >= 0.3 is 0 Å². The monoisotopic (exact) mass is 259 g/mol. The largest absolute Gasteiger partial charge is 0.265 e. The van der Waals surface area contributed by atoms with Gasteiger partial charge in [0.2, 0.25) is 0 Å². The van der Waals surface area contributed by atoms with Crippen molar-refractivity contribution in [1.82, 2.24) is 4.98 Å². The number of hydrogen-bond donors (Lipinski definition) is 0. The maximum atomic E-state index is 3.97. The number of halogens is 1. The zero-order valence-electron chi connectivity index (χ0n) is 8.10. The van der Waals surface area contributed by atoms with Crippen LogP contribution in [0.1, 0.15) is 11.1 Å². The van der Waals surface area contributed by atoms with Crippen LogP contribution in [0.15, 0.2) is 53.3 Å². The van der Waals surface area contributed by atoms with Crippen molar-refractivity contribution in [1.29, 1.82) is 0 Å². The van der Waals surface area contributed by atoms with E-state index in [0.29, 0.717) is 0 Å². The van der Waals surface area contributed by atoms with Crippen LogP contribution in [0.3, 0.4) is 0 Å². The minimum atomic E-state index is 1.10. The van der Waals surface area contributed by atoms with Gasteiger partial charge in [-0.05, 0) is 35.4 Å². The van der Waals surface area contributed by atoms with Crippen LogP contribution in [0.4, 0.5) is 0 Å². The maximum Gasteiger partial charge on any atom is 0.0273 e. The lowest BCUT2D eigenvalue weighted by Gasteiger charge is -1.94. The van der Waals surface area contributed by atoms with Gasteiger partial charge in [-0.25, -0.2) is 0 Å². The zero-order valence-corrected chi connectivity index (χ0v) is 9.68. The van der Waals surface area contributed by atoms with Crippen LogP contribution in [0.25, 0.3) is 12.2 Å². The molecular formula is C13H10BrN. The minimum Gasteiger partial charge on any atom is -0.265 e. The summed E-state index contributed by atoms with van der Waals surface area (Å²) in [7, 11) is 0. The molecule has 2 rings (SSSR count). The zero-order chi connectivity index (χ0) is 10.5. The fourth-order valence-corrected chi connectivity index (χ4v) is 1.69. The lowest BCUT2D eigenvalue weighted by atomic mass is 10.1. The van der Waals surface area contributed by atoms with Crippen LogP contribution in [-0.4, -0.2) is 4.98 Å². The Balaban J connectivity index is 2.19. The predicted octanol–water partition coefficient (Wildman–Crippen LogP) is 4.01. The third kappa shape index (κ3) is 3.03. The number of benzene rings is 1. The van der Waals surface area contributed by atoms with Crippen molar-refractivity contribution in [3.05, 3.63) is 64.4 Å². The van der Waals surface area contributed by atoms with Crippen LogP contribution >= 0.6 is 15.9 Å². The molecular weight excluding hydrogens is 250 g/mol. The number of aromatic nitrogens is 1. The molecule has 0 aliphatic rings. The maximum absolute atomic E-state index is 3.97. The first-order valence-corrected chi connectivity index (χ1v) is 5.47. The summed E-state index contributed by atoms with van der Waals surface area (Å²) in [6, 6.07) is 12.2. The fraction of sp³-hybridized carbons (Fsp3) is 0. The number of nitrogens with zero attached hydrogens (tertiary/aromatic N) is 1. The summed E-state index contributed by atoms with van der Waals surface area (Å²) in [5.74, 6) is 0. The average molecular weight is 260 g/mol. The van der Waals surface area contributed by atoms with E-state index in [2.05, 4.69) is 45.2 Å². The van der Waals surface area contributed by atoms with Crippen molar-refractivity contribution in [3.63, 3.8) is 0 Å². The molecule has 0 saturated heterocycles. The third-order valence-corrected chi connectivity index (χ3v) is 2.52. The number of hydrogen-bond acceptors (Lipinski definition) is 1. The third-order valence-electron chi connectivity index (χ3n) is 2.02. The molecule has 2 aromatic rings. The molecule has 1 nitrogen and oxygen atoms in total. The fourth-order valence-electron chi connectivity index (χ4n) is 1.28. The highest BCUT2D eigenvalue weighted by atomic mass is 79.9. The van der Waals surface area contributed by atoms with Gasteiger partial charge in [-0.2, -0.15) is 0 Å². The van der Waals surface area contributed by atoms with Crippen molar-refractivity contribution in [2.75, 3.05) is 0 Å². The Morgan fingerprint density at radius 2 is 1.67 bits per heavy atom. The second-order valence-corrected chi connectivity index (χ2v) is 4.08. The van der Waals surface area contributed by atoms with Crippen LogP contribution < -0.4 is 0 Å². The van der Waals surface area contributed by atoms with Gasteiger partial charge in [-0.15, -0.1) is 0 Å². The molecule has 74 valence electrons. The van der Waals surface area contributed by atoms with E-state index < -0.39 is 0 Å². The topological polar surface area (TPSA) is 12.9 Å². The molecule has 0 amide bonds. The van der Waals surface area contributed by atoms with Gasteiger partial charge in [-0.3, -0.25) is 4.98 Å². The van der Waals surface area contributed by atoms with Crippen LogP contribution in [0, 0.1) is 0 Å². The molecule has 0 atom stereocenters. The van der Waals surface area contributed by atoms with E-state index in [9.17, 15) is 0 Å². The first-order valence-electron chi connectivity index (χ1n) is 4.68. The molecule has 0 unspecified atom stereocenters. The summed E-state index contributed by atoms with van der Waals surface area (Å²) in [5, 5.41) is 0. The predicted molar refractivity (Wildman–Crippen MR) is 67.3 cm³/mol. The molecule has 0 N–H and O–H groups in total. The second kappa shape index (κ2) is 4.89. The van der Waals surface area contributed by atoms with Gasteiger partial charge in [-0.1, -0.05) is 40.2 Å². The molecule has 1 heterocycles. The van der Waals surface area contributed by atoms with Gasteiger partial charge in [0.25, 0.3) is 0 Å². The normalized spacial score (nSPS) is 10.7. The van der Waals surface area contributed by atoms with Gasteiger partial charge in [0.05, 0.1) is 0 Å². The Kier molecular flexibility index (Phi) is 3.30. The van der Waals surface area contributed by atoms with Crippen LogP contribution in [0.5, 0.6) is 0 Å². The average Bonchev–Trinajstić information content (AvgIpc) is 2.28. The second-order valence-electron chi connectivity index (χ2n) is 3.17. The molecule has 1 aromatic carbocycles. The Bertz CT molecular complexity index is 463. The number of pyridine rings is 1. The van der Waals surface area contributed by atoms with E-state index in [1.807, 2.05) is 24.3 Å². The molecule has 0 spiro atoms. The summed E-state index contributed by atoms with van der Waals surface area (Å²) in [6.07, 6.45) is 7.74. The standard InChI is InChI=1S/C13H10BrN/c14-13-3-1-2-12(10-13)5-4-11-6-8-15-9-7-11/h1-10H/b5-4-. The summed E-state index contributed by atoms with van der Waals surface area (Å²) >= 11 is 3.44. The summed E-state index contributed by atoms with van der Waals surface area (Å²) in [5.41, 5.74) is 2.34. The lowest BCUT2D eigenvalue weighted by Crippen LogP contribution is -1.74. The van der Waals surface area contributed by atoms with Crippen molar-refractivity contribution in [2.24, 2.45) is 0 Å². The molecule has 15 heavy (non-hydrogen) atoms. The molecule has 1 aromatic heterocycles. The first kappa shape index (κ1) is 10.1. The Labute approximate surface area is 97.6 Å². The first-order chi connectivity index (χ1) is 7.34. The molecule has 0 saturated carbocycles. The van der Waals surface area contributed by atoms with Crippen molar-refractivity contribution >= 4 is 28.1 Å². The van der Waals surface area contributed by atoms with Crippen LogP contribution in [-0.2, 0) is 0 Å². The lowest BCUT2D eigenvalue weighted by molar-refractivity contribution is 1.32.